The highest BCUT2D eigenvalue weighted by Gasteiger charge is 2.16. The highest BCUT2D eigenvalue weighted by molar-refractivity contribution is 6.30. The van der Waals surface area contributed by atoms with E-state index in [1.54, 1.807) is 6.92 Å². The molecule has 2 N–H and O–H groups in total. The smallest absolute Gasteiger partial charge is 0.307 e. The molecule has 1 atom stereocenters. The van der Waals surface area contributed by atoms with Crippen LogP contribution in [0.4, 0.5) is 4.39 Å². The summed E-state index contributed by atoms with van der Waals surface area (Å²) in [5, 5.41) is 0.385. The van der Waals surface area contributed by atoms with Crippen LogP contribution >= 0.6 is 11.6 Å². The standard InChI is InChI=1S/C11H13ClFNO2/c1-2-16-11(15)6-10(14)8-5-7(12)3-4-9(8)13/h3-5,10H,2,6,14H2,1H3. The fourth-order valence-corrected chi connectivity index (χ4v) is 1.49. The van der Waals surface area contributed by atoms with E-state index >= 15 is 0 Å². The monoisotopic (exact) mass is 245 g/mol. The summed E-state index contributed by atoms with van der Waals surface area (Å²) in [7, 11) is 0. The van der Waals surface area contributed by atoms with Crippen molar-refractivity contribution in [2.75, 3.05) is 6.61 Å². The number of carbonyl (C=O) groups is 1. The van der Waals surface area contributed by atoms with E-state index in [4.69, 9.17) is 22.1 Å². The van der Waals surface area contributed by atoms with Gasteiger partial charge in [0.05, 0.1) is 13.0 Å². The minimum atomic E-state index is -0.738. The Bertz CT molecular complexity index is 384. The molecule has 3 nitrogen and oxygen atoms in total. The maximum absolute atomic E-state index is 13.4. The molecule has 0 spiro atoms. The molecule has 1 unspecified atom stereocenters. The van der Waals surface area contributed by atoms with Crippen molar-refractivity contribution in [3.8, 4) is 0 Å². The van der Waals surface area contributed by atoms with Gasteiger partial charge in [0.2, 0.25) is 0 Å². The molecule has 0 aliphatic carbocycles. The van der Waals surface area contributed by atoms with Gasteiger partial charge in [-0.25, -0.2) is 4.39 Å². The maximum Gasteiger partial charge on any atom is 0.307 e. The minimum absolute atomic E-state index is 0.0644. The molecular formula is C11H13ClFNO2. The van der Waals surface area contributed by atoms with Crippen LogP contribution in [-0.4, -0.2) is 12.6 Å². The lowest BCUT2D eigenvalue weighted by molar-refractivity contribution is -0.143. The average Bonchev–Trinajstić information content (AvgIpc) is 2.21. The van der Waals surface area contributed by atoms with E-state index < -0.39 is 17.8 Å². The second kappa shape index (κ2) is 5.82. The lowest BCUT2D eigenvalue weighted by Crippen LogP contribution is -2.18. The summed E-state index contributed by atoms with van der Waals surface area (Å²) >= 11 is 5.72. The average molecular weight is 246 g/mol. The Morgan fingerprint density at radius 1 is 1.62 bits per heavy atom. The summed E-state index contributed by atoms with van der Waals surface area (Å²) in [6, 6.07) is 3.33. The van der Waals surface area contributed by atoms with Gasteiger partial charge in [-0.3, -0.25) is 4.79 Å². The second-order valence-corrected chi connectivity index (χ2v) is 3.72. The van der Waals surface area contributed by atoms with Gasteiger partial charge in [-0.15, -0.1) is 0 Å². The number of esters is 1. The molecule has 0 bridgehead atoms. The predicted molar refractivity (Wildman–Crippen MR) is 59.6 cm³/mol. The Morgan fingerprint density at radius 2 is 2.31 bits per heavy atom. The number of carbonyl (C=O) groups excluding carboxylic acids is 1. The van der Waals surface area contributed by atoms with Crippen molar-refractivity contribution < 1.29 is 13.9 Å². The van der Waals surface area contributed by atoms with Crippen LogP contribution in [-0.2, 0) is 9.53 Å². The first kappa shape index (κ1) is 12.9. The molecule has 0 saturated heterocycles. The first-order chi connectivity index (χ1) is 7.54. The van der Waals surface area contributed by atoms with Crippen molar-refractivity contribution in [3.63, 3.8) is 0 Å². The summed E-state index contributed by atoms with van der Waals surface area (Å²) in [6.07, 6.45) is -0.0644. The zero-order valence-electron chi connectivity index (χ0n) is 8.87. The molecule has 0 aliphatic rings. The molecule has 0 saturated carbocycles. The van der Waals surface area contributed by atoms with Crippen LogP contribution in [0.5, 0.6) is 0 Å². The Balaban J connectivity index is 2.76. The van der Waals surface area contributed by atoms with Gasteiger partial charge < -0.3 is 10.5 Å². The Morgan fingerprint density at radius 3 is 2.94 bits per heavy atom. The van der Waals surface area contributed by atoms with E-state index in [-0.39, 0.29) is 18.6 Å². The van der Waals surface area contributed by atoms with E-state index in [2.05, 4.69) is 0 Å². The topological polar surface area (TPSA) is 52.3 Å². The first-order valence-electron chi connectivity index (χ1n) is 4.90. The fourth-order valence-electron chi connectivity index (χ4n) is 1.31. The number of rotatable bonds is 4. The van der Waals surface area contributed by atoms with Crippen molar-refractivity contribution in [3.05, 3.63) is 34.6 Å². The fraction of sp³-hybridized carbons (Fsp3) is 0.364. The molecule has 16 heavy (non-hydrogen) atoms. The summed E-state index contributed by atoms with van der Waals surface area (Å²) in [5.41, 5.74) is 5.92. The molecular weight excluding hydrogens is 233 g/mol. The highest BCUT2D eigenvalue weighted by atomic mass is 35.5. The summed E-state index contributed by atoms with van der Waals surface area (Å²) < 4.78 is 18.1. The van der Waals surface area contributed by atoms with Gasteiger partial charge in [0.1, 0.15) is 5.82 Å². The number of halogens is 2. The number of hydrogen-bond donors (Lipinski definition) is 1. The number of hydrogen-bond acceptors (Lipinski definition) is 3. The molecule has 1 aromatic rings. The molecule has 88 valence electrons. The number of ether oxygens (including phenoxy) is 1. The molecule has 1 rings (SSSR count). The van der Waals surface area contributed by atoms with Gasteiger partial charge in [0, 0.05) is 16.6 Å². The number of nitrogens with two attached hydrogens (primary N) is 1. The van der Waals surface area contributed by atoms with Crippen LogP contribution in [0.1, 0.15) is 24.9 Å². The molecule has 0 heterocycles. The minimum Gasteiger partial charge on any atom is -0.466 e. The maximum atomic E-state index is 13.4. The third kappa shape index (κ3) is 3.47. The quantitative estimate of drug-likeness (QED) is 0.829. The first-order valence-corrected chi connectivity index (χ1v) is 5.28. The normalized spacial score (nSPS) is 12.2. The third-order valence-electron chi connectivity index (χ3n) is 2.05. The molecule has 0 aliphatic heterocycles. The van der Waals surface area contributed by atoms with E-state index in [0.717, 1.165) is 0 Å². The van der Waals surface area contributed by atoms with Crippen molar-refractivity contribution in [2.45, 2.75) is 19.4 Å². The van der Waals surface area contributed by atoms with Crippen LogP contribution in [0.25, 0.3) is 0 Å². The van der Waals surface area contributed by atoms with Crippen molar-refractivity contribution in [1.29, 1.82) is 0 Å². The Kier molecular flexibility index (Phi) is 4.71. The largest absolute Gasteiger partial charge is 0.466 e. The van der Waals surface area contributed by atoms with Crippen molar-refractivity contribution >= 4 is 17.6 Å². The van der Waals surface area contributed by atoms with E-state index in [1.165, 1.54) is 18.2 Å². The molecule has 5 heteroatoms. The van der Waals surface area contributed by atoms with Gasteiger partial charge in [-0.05, 0) is 25.1 Å². The van der Waals surface area contributed by atoms with E-state index in [1.807, 2.05) is 0 Å². The van der Waals surface area contributed by atoms with Gasteiger partial charge in [0.25, 0.3) is 0 Å². The Hall–Kier alpha value is -1.13. The zero-order chi connectivity index (χ0) is 12.1. The van der Waals surface area contributed by atoms with Crippen LogP contribution in [0, 0.1) is 5.82 Å². The third-order valence-corrected chi connectivity index (χ3v) is 2.28. The number of benzene rings is 1. The van der Waals surface area contributed by atoms with Gasteiger partial charge >= 0.3 is 5.97 Å². The van der Waals surface area contributed by atoms with Gasteiger partial charge in [-0.2, -0.15) is 0 Å². The van der Waals surface area contributed by atoms with Gasteiger partial charge in [-0.1, -0.05) is 11.6 Å². The molecule has 0 fully saturated rings. The Labute approximate surface area is 98.3 Å². The van der Waals surface area contributed by atoms with Gasteiger partial charge in [0.15, 0.2) is 0 Å². The van der Waals surface area contributed by atoms with Crippen molar-refractivity contribution in [2.24, 2.45) is 5.73 Å². The highest BCUT2D eigenvalue weighted by Crippen LogP contribution is 2.22. The molecule has 0 radical (unpaired) electrons. The van der Waals surface area contributed by atoms with Crippen molar-refractivity contribution in [1.82, 2.24) is 0 Å². The van der Waals surface area contributed by atoms with Crippen LogP contribution < -0.4 is 5.73 Å². The summed E-state index contributed by atoms with van der Waals surface area (Å²) in [4.78, 5) is 11.2. The molecule has 0 aromatic heterocycles. The zero-order valence-corrected chi connectivity index (χ0v) is 9.63. The van der Waals surface area contributed by atoms with Crippen LogP contribution in [0.15, 0.2) is 18.2 Å². The second-order valence-electron chi connectivity index (χ2n) is 3.28. The van der Waals surface area contributed by atoms with E-state index in [0.29, 0.717) is 5.02 Å². The van der Waals surface area contributed by atoms with E-state index in [9.17, 15) is 9.18 Å². The lowest BCUT2D eigenvalue weighted by Gasteiger charge is -2.12. The molecule has 0 amide bonds. The SMILES string of the molecule is CCOC(=O)CC(N)c1cc(Cl)ccc1F. The lowest BCUT2D eigenvalue weighted by atomic mass is 10.0. The van der Waals surface area contributed by atoms with Crippen LogP contribution in [0.3, 0.4) is 0 Å². The summed E-state index contributed by atoms with van der Waals surface area (Å²) in [5.74, 6) is -0.921. The molecule has 1 aromatic carbocycles. The van der Waals surface area contributed by atoms with Crippen LogP contribution in [0.2, 0.25) is 5.02 Å². The summed E-state index contributed by atoms with van der Waals surface area (Å²) in [6.45, 7) is 1.98. The predicted octanol–water partition coefficient (Wildman–Crippen LogP) is 2.43.